The van der Waals surface area contributed by atoms with Gasteiger partial charge in [0.15, 0.2) is 0 Å². The van der Waals surface area contributed by atoms with Crippen LogP contribution in [0.15, 0.2) is 72.6 Å². The Morgan fingerprint density at radius 1 is 0.920 bits per heavy atom. The number of nitrogens with zero attached hydrogens (tertiary/aromatic N) is 4. The van der Waals surface area contributed by atoms with Crippen molar-refractivity contribution >= 4 is 17.2 Å². The molecule has 0 radical (unpaired) electrons. The van der Waals surface area contributed by atoms with Gasteiger partial charge in [-0.2, -0.15) is 0 Å². The van der Waals surface area contributed by atoms with E-state index in [1.54, 1.807) is 30.1 Å². The molecule has 25 heavy (non-hydrogen) atoms. The second-order valence-electron chi connectivity index (χ2n) is 5.39. The Balaban J connectivity index is 1.46. The summed E-state index contributed by atoms with van der Waals surface area (Å²) >= 11 is 1.63. The predicted molar refractivity (Wildman–Crippen MR) is 100 cm³/mol. The molecule has 122 valence electrons. The van der Waals surface area contributed by atoms with E-state index in [4.69, 9.17) is 0 Å². The molecule has 5 nitrogen and oxygen atoms in total. The summed E-state index contributed by atoms with van der Waals surface area (Å²) in [6.45, 7) is 0.618. The zero-order valence-electron chi connectivity index (χ0n) is 13.3. The van der Waals surface area contributed by atoms with Crippen LogP contribution in [0.2, 0.25) is 0 Å². The van der Waals surface area contributed by atoms with Gasteiger partial charge in [-0.1, -0.05) is 30.3 Å². The van der Waals surface area contributed by atoms with Gasteiger partial charge in [0.1, 0.15) is 17.2 Å². The van der Waals surface area contributed by atoms with Gasteiger partial charge in [0.25, 0.3) is 0 Å². The summed E-state index contributed by atoms with van der Waals surface area (Å²) in [5, 5.41) is 6.37. The summed E-state index contributed by atoms with van der Waals surface area (Å²) in [5.74, 6) is 0.785. The van der Waals surface area contributed by atoms with E-state index < -0.39 is 0 Å². The number of rotatable bonds is 5. The van der Waals surface area contributed by atoms with Gasteiger partial charge in [-0.25, -0.2) is 15.0 Å². The van der Waals surface area contributed by atoms with Gasteiger partial charge in [-0.15, -0.1) is 11.3 Å². The molecule has 0 aliphatic rings. The first kappa shape index (κ1) is 15.4. The molecule has 0 atom stereocenters. The number of anilines is 1. The minimum absolute atomic E-state index is 0.618. The Kier molecular flexibility index (Phi) is 4.43. The van der Waals surface area contributed by atoms with Gasteiger partial charge in [0, 0.05) is 35.0 Å². The highest BCUT2D eigenvalue weighted by Crippen LogP contribution is 2.23. The molecule has 0 fully saturated rings. The Morgan fingerprint density at radius 3 is 2.60 bits per heavy atom. The first-order valence-electron chi connectivity index (χ1n) is 7.84. The highest BCUT2D eigenvalue weighted by atomic mass is 32.1. The summed E-state index contributed by atoms with van der Waals surface area (Å²) in [6, 6.07) is 15.9. The maximum absolute atomic E-state index is 4.66. The monoisotopic (exact) mass is 345 g/mol. The minimum atomic E-state index is 0.618. The summed E-state index contributed by atoms with van der Waals surface area (Å²) in [5.41, 5.74) is 4.03. The Labute approximate surface area is 149 Å². The largest absolute Gasteiger partial charge is 0.364 e. The third-order valence-corrected chi connectivity index (χ3v) is 4.61. The van der Waals surface area contributed by atoms with Crippen molar-refractivity contribution in [3.05, 3.63) is 78.3 Å². The van der Waals surface area contributed by atoms with Crippen LogP contribution in [0.25, 0.3) is 21.8 Å². The number of nitrogens with one attached hydrogen (secondary N) is 1. The molecule has 4 rings (SSSR count). The second kappa shape index (κ2) is 7.19. The van der Waals surface area contributed by atoms with E-state index >= 15 is 0 Å². The van der Waals surface area contributed by atoms with Gasteiger partial charge in [-0.05, 0) is 12.1 Å². The van der Waals surface area contributed by atoms with Gasteiger partial charge in [0.05, 0.1) is 17.9 Å². The first-order valence-corrected chi connectivity index (χ1v) is 8.72. The van der Waals surface area contributed by atoms with E-state index in [-0.39, 0.29) is 0 Å². The van der Waals surface area contributed by atoms with Crippen molar-refractivity contribution < 1.29 is 0 Å². The van der Waals surface area contributed by atoms with E-state index in [0.29, 0.717) is 6.54 Å². The fourth-order valence-corrected chi connectivity index (χ4v) is 3.24. The van der Waals surface area contributed by atoms with Crippen LogP contribution in [-0.4, -0.2) is 19.9 Å². The molecule has 1 N–H and O–H groups in total. The van der Waals surface area contributed by atoms with Crippen LogP contribution in [0, 0.1) is 0 Å². The quantitative estimate of drug-likeness (QED) is 0.585. The lowest BCUT2D eigenvalue weighted by molar-refractivity contribution is 1.04. The Morgan fingerprint density at radius 2 is 1.76 bits per heavy atom. The van der Waals surface area contributed by atoms with Crippen LogP contribution >= 0.6 is 11.3 Å². The van der Waals surface area contributed by atoms with E-state index in [0.717, 1.165) is 33.3 Å². The highest BCUT2D eigenvalue weighted by Gasteiger charge is 2.06. The number of pyridine rings is 1. The fourth-order valence-electron chi connectivity index (χ4n) is 2.42. The van der Waals surface area contributed by atoms with Crippen LogP contribution in [0.1, 0.15) is 5.69 Å². The molecular weight excluding hydrogens is 330 g/mol. The van der Waals surface area contributed by atoms with E-state index in [2.05, 4.69) is 30.6 Å². The summed E-state index contributed by atoms with van der Waals surface area (Å²) in [7, 11) is 0. The zero-order valence-corrected chi connectivity index (χ0v) is 14.1. The van der Waals surface area contributed by atoms with Crippen LogP contribution in [0.5, 0.6) is 0 Å². The summed E-state index contributed by atoms with van der Waals surface area (Å²) in [4.78, 5) is 17.3. The molecular formula is C19H15N5S. The number of hydrogen-bond acceptors (Lipinski definition) is 6. The maximum atomic E-state index is 4.66. The van der Waals surface area contributed by atoms with Crippen molar-refractivity contribution in [1.82, 2.24) is 19.9 Å². The van der Waals surface area contributed by atoms with E-state index in [9.17, 15) is 0 Å². The lowest BCUT2D eigenvalue weighted by Crippen LogP contribution is -2.02. The fraction of sp³-hybridized carbons (Fsp3) is 0.0526. The minimum Gasteiger partial charge on any atom is -0.364 e. The predicted octanol–water partition coefficient (Wildman–Crippen LogP) is 4.27. The highest BCUT2D eigenvalue weighted by molar-refractivity contribution is 7.13. The first-order chi connectivity index (χ1) is 12.4. The molecule has 0 aliphatic heterocycles. The molecule has 0 bridgehead atoms. The normalized spacial score (nSPS) is 10.6. The number of hydrogen-bond donors (Lipinski definition) is 1. The smallest absolute Gasteiger partial charge is 0.130 e. The average molecular weight is 345 g/mol. The topological polar surface area (TPSA) is 63.6 Å². The number of thiazole rings is 1. The van der Waals surface area contributed by atoms with Crippen LogP contribution in [-0.2, 0) is 6.54 Å². The van der Waals surface area contributed by atoms with Crippen molar-refractivity contribution in [2.75, 3.05) is 5.32 Å². The Hall–Kier alpha value is -3.12. The van der Waals surface area contributed by atoms with Crippen molar-refractivity contribution in [1.29, 1.82) is 0 Å². The molecule has 6 heteroatoms. The van der Waals surface area contributed by atoms with Crippen LogP contribution < -0.4 is 5.32 Å². The maximum Gasteiger partial charge on any atom is 0.130 e. The van der Waals surface area contributed by atoms with Crippen molar-refractivity contribution in [3.63, 3.8) is 0 Å². The molecule has 0 aliphatic carbocycles. The molecule has 0 unspecified atom stereocenters. The lowest BCUT2D eigenvalue weighted by atomic mass is 10.1. The third-order valence-electron chi connectivity index (χ3n) is 3.67. The summed E-state index contributed by atoms with van der Waals surface area (Å²) in [6.07, 6.45) is 5.13. The number of benzene rings is 1. The molecule has 0 saturated carbocycles. The van der Waals surface area contributed by atoms with Gasteiger partial charge < -0.3 is 5.32 Å². The summed E-state index contributed by atoms with van der Waals surface area (Å²) < 4.78 is 0. The molecule has 3 heterocycles. The van der Waals surface area contributed by atoms with Crippen molar-refractivity contribution in [2.24, 2.45) is 0 Å². The van der Waals surface area contributed by atoms with Gasteiger partial charge in [-0.3, -0.25) is 4.98 Å². The van der Waals surface area contributed by atoms with Crippen molar-refractivity contribution in [2.45, 2.75) is 6.54 Å². The number of aromatic nitrogens is 4. The second-order valence-corrected chi connectivity index (χ2v) is 6.25. The molecule has 3 aromatic heterocycles. The molecule has 0 saturated heterocycles. The van der Waals surface area contributed by atoms with Crippen LogP contribution in [0.3, 0.4) is 0 Å². The third kappa shape index (κ3) is 3.70. The molecule has 1 aromatic carbocycles. The standard InChI is InChI=1S/C19H15N5S/c1-2-4-14(5-3-1)17-10-18(23-13-22-17)21-11-16-12-25-19(24-16)15-6-8-20-9-7-15/h1-10,12-13H,11H2,(H,21,22,23). The average Bonchev–Trinajstić information content (AvgIpc) is 3.17. The van der Waals surface area contributed by atoms with Crippen molar-refractivity contribution in [3.8, 4) is 21.8 Å². The molecule has 4 aromatic rings. The van der Waals surface area contributed by atoms with E-state index in [1.165, 1.54) is 0 Å². The van der Waals surface area contributed by atoms with Gasteiger partial charge in [0.2, 0.25) is 0 Å². The Bertz CT molecular complexity index is 954. The SMILES string of the molecule is c1ccc(-c2cc(NCc3csc(-c4ccncc4)n3)ncn2)cc1. The van der Waals surface area contributed by atoms with Gasteiger partial charge >= 0.3 is 0 Å². The van der Waals surface area contributed by atoms with Crippen LogP contribution in [0.4, 0.5) is 5.82 Å². The lowest BCUT2D eigenvalue weighted by Gasteiger charge is -2.05. The van der Waals surface area contributed by atoms with E-state index in [1.807, 2.05) is 48.5 Å². The zero-order chi connectivity index (χ0) is 16.9. The molecule has 0 spiro atoms. The molecule has 0 amide bonds.